The summed E-state index contributed by atoms with van der Waals surface area (Å²) in [5.74, 6) is 0.0770. The number of ether oxygens (including phenoxy) is 1. The minimum atomic E-state index is -0.0338. The fraction of sp³-hybridized carbons (Fsp3) is 0.292. The molecule has 3 nitrogen and oxygen atoms in total. The average Bonchev–Trinajstić information content (AvgIpc) is 2.74. The van der Waals surface area contributed by atoms with Crippen LogP contribution in [0.3, 0.4) is 0 Å². The van der Waals surface area contributed by atoms with E-state index in [-0.39, 0.29) is 11.3 Å². The van der Waals surface area contributed by atoms with Gasteiger partial charge in [0.25, 0.3) is 0 Å². The van der Waals surface area contributed by atoms with Gasteiger partial charge >= 0.3 is 0 Å². The number of hydrogen-bond donors (Lipinski definition) is 1. The van der Waals surface area contributed by atoms with Crippen LogP contribution in [0.1, 0.15) is 24.0 Å². The lowest BCUT2D eigenvalue weighted by molar-refractivity contribution is -0.120. The molecule has 3 heteroatoms. The highest BCUT2D eigenvalue weighted by Crippen LogP contribution is 2.34. The standard InChI is InChI=1S/C24H25NO2/c26-23(17-20-9-6-8-19-7-4-5-12-22(19)20)25-18-24(13-15-27-16-14-24)21-10-2-1-3-11-21/h1-12H,13-18H2,(H,25,26). The highest BCUT2D eigenvalue weighted by molar-refractivity contribution is 5.90. The monoisotopic (exact) mass is 359 g/mol. The number of benzene rings is 3. The van der Waals surface area contributed by atoms with Crippen LogP contribution in [0.5, 0.6) is 0 Å². The fourth-order valence-electron chi connectivity index (χ4n) is 4.07. The van der Waals surface area contributed by atoms with Crippen molar-refractivity contribution in [3.05, 3.63) is 83.9 Å². The van der Waals surface area contributed by atoms with Gasteiger partial charge in [-0.1, -0.05) is 72.8 Å². The second-order valence-electron chi connectivity index (χ2n) is 7.35. The normalized spacial score (nSPS) is 16.1. The SMILES string of the molecule is O=C(Cc1cccc2ccccc12)NCC1(c2ccccc2)CCOCC1. The molecule has 1 fully saturated rings. The molecule has 0 radical (unpaired) electrons. The molecule has 1 aliphatic rings. The molecule has 0 bridgehead atoms. The molecule has 0 atom stereocenters. The number of hydrogen-bond acceptors (Lipinski definition) is 2. The Bertz CT molecular complexity index is 909. The van der Waals surface area contributed by atoms with Gasteiger partial charge in [0.15, 0.2) is 0 Å². The van der Waals surface area contributed by atoms with Gasteiger partial charge in [-0.3, -0.25) is 4.79 Å². The van der Waals surface area contributed by atoms with E-state index in [0.717, 1.165) is 37.0 Å². The molecule has 3 aromatic rings. The van der Waals surface area contributed by atoms with Gasteiger partial charge in [-0.05, 0) is 34.7 Å². The molecule has 0 unspecified atom stereocenters. The zero-order valence-electron chi connectivity index (χ0n) is 15.5. The van der Waals surface area contributed by atoms with Gasteiger partial charge in [-0.15, -0.1) is 0 Å². The lowest BCUT2D eigenvalue weighted by Crippen LogP contribution is -2.45. The summed E-state index contributed by atoms with van der Waals surface area (Å²) in [5.41, 5.74) is 2.33. The molecule has 1 N–H and O–H groups in total. The third-order valence-electron chi connectivity index (χ3n) is 5.69. The molecule has 27 heavy (non-hydrogen) atoms. The minimum absolute atomic E-state index is 0.0338. The predicted octanol–water partition coefficient (Wildman–Crippen LogP) is 4.25. The van der Waals surface area contributed by atoms with Crippen LogP contribution >= 0.6 is 0 Å². The van der Waals surface area contributed by atoms with Crippen molar-refractivity contribution in [3.63, 3.8) is 0 Å². The molecule has 1 saturated heterocycles. The van der Waals surface area contributed by atoms with Crippen LogP contribution in [-0.2, 0) is 21.4 Å². The largest absolute Gasteiger partial charge is 0.381 e. The molecule has 0 aliphatic carbocycles. The summed E-state index contributed by atoms with van der Waals surface area (Å²) in [6.07, 6.45) is 2.28. The van der Waals surface area contributed by atoms with Gasteiger partial charge < -0.3 is 10.1 Å². The maximum absolute atomic E-state index is 12.7. The maximum atomic E-state index is 12.7. The highest BCUT2D eigenvalue weighted by Gasteiger charge is 2.34. The topological polar surface area (TPSA) is 38.3 Å². The Balaban J connectivity index is 1.48. The first-order valence-electron chi connectivity index (χ1n) is 9.63. The molecule has 1 aliphatic heterocycles. The molecule has 138 valence electrons. The van der Waals surface area contributed by atoms with Gasteiger partial charge in [0, 0.05) is 25.2 Å². The molecule has 4 rings (SSSR count). The summed E-state index contributed by atoms with van der Waals surface area (Å²) in [7, 11) is 0. The van der Waals surface area contributed by atoms with Gasteiger partial charge in [0.05, 0.1) is 6.42 Å². The van der Waals surface area contributed by atoms with Crippen molar-refractivity contribution < 1.29 is 9.53 Å². The number of fused-ring (bicyclic) bond motifs is 1. The molecule has 3 aromatic carbocycles. The summed E-state index contributed by atoms with van der Waals surface area (Å²) in [6.45, 7) is 2.14. The van der Waals surface area contributed by atoms with Crippen molar-refractivity contribution in [3.8, 4) is 0 Å². The zero-order valence-corrected chi connectivity index (χ0v) is 15.5. The third-order valence-corrected chi connectivity index (χ3v) is 5.69. The summed E-state index contributed by atoms with van der Waals surface area (Å²) in [5, 5.41) is 5.54. The van der Waals surface area contributed by atoms with Crippen LogP contribution in [0, 0.1) is 0 Å². The Hall–Kier alpha value is -2.65. The summed E-state index contributed by atoms with van der Waals surface area (Å²) >= 11 is 0. The maximum Gasteiger partial charge on any atom is 0.224 e. The van der Waals surface area contributed by atoms with E-state index in [4.69, 9.17) is 4.74 Å². The van der Waals surface area contributed by atoms with E-state index in [2.05, 4.69) is 47.8 Å². The molecular weight excluding hydrogens is 334 g/mol. The van der Waals surface area contributed by atoms with Crippen LogP contribution < -0.4 is 5.32 Å². The van der Waals surface area contributed by atoms with E-state index in [1.165, 1.54) is 10.9 Å². The number of rotatable bonds is 5. The Morgan fingerprint density at radius 2 is 1.59 bits per heavy atom. The second kappa shape index (κ2) is 7.93. The summed E-state index contributed by atoms with van der Waals surface area (Å²) in [4.78, 5) is 12.7. The Morgan fingerprint density at radius 3 is 2.41 bits per heavy atom. The van der Waals surface area contributed by atoms with E-state index in [0.29, 0.717) is 13.0 Å². The summed E-state index contributed by atoms with van der Waals surface area (Å²) < 4.78 is 5.58. The fourth-order valence-corrected chi connectivity index (χ4v) is 4.07. The first-order valence-corrected chi connectivity index (χ1v) is 9.63. The highest BCUT2D eigenvalue weighted by atomic mass is 16.5. The Kier molecular flexibility index (Phi) is 5.21. The average molecular weight is 359 g/mol. The van der Waals surface area contributed by atoms with Crippen molar-refractivity contribution in [1.29, 1.82) is 0 Å². The van der Waals surface area contributed by atoms with Crippen LogP contribution in [0.15, 0.2) is 72.8 Å². The van der Waals surface area contributed by atoms with Crippen molar-refractivity contribution in [1.82, 2.24) is 5.32 Å². The van der Waals surface area contributed by atoms with E-state index in [9.17, 15) is 4.79 Å². The first-order chi connectivity index (χ1) is 13.3. The lowest BCUT2D eigenvalue weighted by atomic mass is 9.74. The Labute approximate surface area is 160 Å². The van der Waals surface area contributed by atoms with Gasteiger partial charge in [-0.25, -0.2) is 0 Å². The van der Waals surface area contributed by atoms with Crippen LogP contribution in [0.25, 0.3) is 10.8 Å². The summed E-state index contributed by atoms with van der Waals surface area (Å²) in [6, 6.07) is 24.9. The number of amides is 1. The smallest absolute Gasteiger partial charge is 0.224 e. The van der Waals surface area contributed by atoms with Crippen LogP contribution in [0.4, 0.5) is 0 Å². The number of nitrogens with one attached hydrogen (secondary N) is 1. The molecule has 1 heterocycles. The van der Waals surface area contributed by atoms with Gasteiger partial charge in [-0.2, -0.15) is 0 Å². The van der Waals surface area contributed by atoms with Crippen LogP contribution in [-0.4, -0.2) is 25.7 Å². The van der Waals surface area contributed by atoms with Crippen molar-refractivity contribution in [2.75, 3.05) is 19.8 Å². The molecule has 0 spiro atoms. The zero-order chi connectivity index (χ0) is 18.5. The molecule has 0 saturated carbocycles. The lowest BCUT2D eigenvalue weighted by Gasteiger charge is -2.38. The Morgan fingerprint density at radius 1 is 0.889 bits per heavy atom. The van der Waals surface area contributed by atoms with Gasteiger partial charge in [0.2, 0.25) is 5.91 Å². The minimum Gasteiger partial charge on any atom is -0.381 e. The van der Waals surface area contributed by atoms with E-state index < -0.39 is 0 Å². The number of carbonyl (C=O) groups excluding carboxylic acids is 1. The van der Waals surface area contributed by atoms with E-state index in [1.807, 2.05) is 30.3 Å². The quantitative estimate of drug-likeness (QED) is 0.740. The van der Waals surface area contributed by atoms with E-state index in [1.54, 1.807) is 0 Å². The molecular formula is C24H25NO2. The third kappa shape index (κ3) is 3.88. The van der Waals surface area contributed by atoms with Gasteiger partial charge in [0.1, 0.15) is 0 Å². The predicted molar refractivity (Wildman–Crippen MR) is 109 cm³/mol. The van der Waals surface area contributed by atoms with E-state index >= 15 is 0 Å². The molecule has 0 aromatic heterocycles. The second-order valence-corrected chi connectivity index (χ2v) is 7.35. The first kappa shape index (κ1) is 17.7. The number of carbonyl (C=O) groups is 1. The van der Waals surface area contributed by atoms with Crippen molar-refractivity contribution >= 4 is 16.7 Å². The van der Waals surface area contributed by atoms with Crippen molar-refractivity contribution in [2.24, 2.45) is 0 Å². The van der Waals surface area contributed by atoms with Crippen molar-refractivity contribution in [2.45, 2.75) is 24.7 Å². The molecule has 1 amide bonds. The van der Waals surface area contributed by atoms with Crippen LogP contribution in [0.2, 0.25) is 0 Å².